The lowest BCUT2D eigenvalue weighted by atomic mass is 10.1. The molecule has 0 bridgehead atoms. The summed E-state index contributed by atoms with van der Waals surface area (Å²) in [6, 6.07) is 7.49. The van der Waals surface area contributed by atoms with Crippen LogP contribution in [0.4, 0.5) is 0 Å². The number of halogens is 1. The third-order valence-corrected chi connectivity index (χ3v) is 2.30. The number of rotatable bonds is 3. The normalized spacial score (nSPS) is 9.08. The fourth-order valence-corrected chi connectivity index (χ4v) is 1.37. The van der Waals surface area contributed by atoms with E-state index in [4.69, 9.17) is 5.73 Å². The lowest BCUT2D eigenvalue weighted by Crippen LogP contribution is -2.13. The summed E-state index contributed by atoms with van der Waals surface area (Å²) in [6.45, 7) is 0.0812. The van der Waals surface area contributed by atoms with Crippen molar-refractivity contribution in [1.29, 1.82) is 0 Å². The van der Waals surface area contributed by atoms with Crippen LogP contribution in [0.1, 0.15) is 10.4 Å². The molecule has 72 valence electrons. The van der Waals surface area contributed by atoms with E-state index in [0.29, 0.717) is 5.56 Å². The Kier molecular flexibility index (Phi) is 5.79. The van der Waals surface area contributed by atoms with Crippen LogP contribution >= 0.6 is 24.2 Å². The molecule has 0 spiro atoms. The largest absolute Gasteiger partial charge is 0.324 e. The zero-order valence-electron chi connectivity index (χ0n) is 7.32. The summed E-state index contributed by atoms with van der Waals surface area (Å²) in [5.74, 6) is -0.00843. The highest BCUT2D eigenvalue weighted by Gasteiger charge is 2.02. The molecule has 0 saturated carbocycles. The van der Waals surface area contributed by atoms with E-state index < -0.39 is 0 Å². The predicted octanol–water partition coefficient (Wildman–Crippen LogP) is 1.97. The van der Waals surface area contributed by atoms with Crippen LogP contribution in [-0.4, -0.2) is 18.6 Å². The van der Waals surface area contributed by atoms with Crippen molar-refractivity contribution in [3.8, 4) is 0 Å². The van der Waals surface area contributed by atoms with Gasteiger partial charge in [-0.05, 0) is 18.4 Å². The van der Waals surface area contributed by atoms with Crippen molar-refractivity contribution in [2.45, 2.75) is 4.90 Å². The topological polar surface area (TPSA) is 43.1 Å². The Morgan fingerprint density at radius 3 is 2.77 bits per heavy atom. The van der Waals surface area contributed by atoms with Gasteiger partial charge in [-0.2, -0.15) is 0 Å². The van der Waals surface area contributed by atoms with Crippen molar-refractivity contribution < 1.29 is 4.79 Å². The highest BCUT2D eigenvalue weighted by Crippen LogP contribution is 2.15. The molecule has 0 fully saturated rings. The fraction of sp³-hybridized carbons (Fsp3) is 0.222. The Labute approximate surface area is 88.3 Å². The van der Waals surface area contributed by atoms with Gasteiger partial charge in [-0.1, -0.05) is 12.1 Å². The number of thioether (sulfide) groups is 1. The van der Waals surface area contributed by atoms with Crippen molar-refractivity contribution in [3.63, 3.8) is 0 Å². The summed E-state index contributed by atoms with van der Waals surface area (Å²) in [7, 11) is 0. The fourth-order valence-electron chi connectivity index (χ4n) is 0.914. The van der Waals surface area contributed by atoms with Crippen LogP contribution in [0, 0.1) is 0 Å². The summed E-state index contributed by atoms with van der Waals surface area (Å²) >= 11 is 1.62. The predicted molar refractivity (Wildman–Crippen MR) is 58.9 cm³/mol. The lowest BCUT2D eigenvalue weighted by molar-refractivity contribution is 0.100. The van der Waals surface area contributed by atoms with Gasteiger partial charge in [-0.25, -0.2) is 0 Å². The third kappa shape index (κ3) is 3.38. The summed E-state index contributed by atoms with van der Waals surface area (Å²) in [5.41, 5.74) is 5.94. The zero-order valence-corrected chi connectivity index (χ0v) is 8.95. The molecule has 0 unspecified atom stereocenters. The first-order chi connectivity index (χ1) is 5.77. The minimum absolute atomic E-state index is 0. The Hall–Kier alpha value is -0.510. The second-order valence-corrected chi connectivity index (χ2v) is 3.24. The molecule has 0 aromatic heterocycles. The smallest absolute Gasteiger partial charge is 0.176 e. The van der Waals surface area contributed by atoms with Crippen LogP contribution in [0.15, 0.2) is 29.2 Å². The molecule has 0 aliphatic heterocycles. The molecule has 4 heteroatoms. The molecule has 1 aromatic carbocycles. The van der Waals surface area contributed by atoms with E-state index in [1.165, 1.54) is 0 Å². The summed E-state index contributed by atoms with van der Waals surface area (Å²) in [4.78, 5) is 12.2. The van der Waals surface area contributed by atoms with Gasteiger partial charge in [0, 0.05) is 10.5 Å². The van der Waals surface area contributed by atoms with Crippen molar-refractivity contribution in [2.75, 3.05) is 12.8 Å². The number of benzene rings is 1. The molecule has 2 nitrogen and oxygen atoms in total. The highest BCUT2D eigenvalue weighted by atomic mass is 35.5. The third-order valence-electron chi connectivity index (χ3n) is 1.58. The molecule has 2 N–H and O–H groups in total. The molecule has 0 aliphatic rings. The maximum absolute atomic E-state index is 11.1. The van der Waals surface area contributed by atoms with Gasteiger partial charge in [-0.15, -0.1) is 24.2 Å². The van der Waals surface area contributed by atoms with Crippen molar-refractivity contribution >= 4 is 30.0 Å². The average molecular weight is 218 g/mol. The van der Waals surface area contributed by atoms with E-state index in [1.54, 1.807) is 17.8 Å². The molecular weight excluding hydrogens is 206 g/mol. The van der Waals surface area contributed by atoms with E-state index in [9.17, 15) is 4.79 Å². The first-order valence-corrected chi connectivity index (χ1v) is 4.87. The quantitative estimate of drug-likeness (QED) is 0.622. The minimum atomic E-state index is -0.00843. The molecule has 1 rings (SSSR count). The lowest BCUT2D eigenvalue weighted by Gasteiger charge is -1.99. The van der Waals surface area contributed by atoms with Crippen LogP contribution in [0.5, 0.6) is 0 Å². The van der Waals surface area contributed by atoms with Gasteiger partial charge in [-0.3, -0.25) is 4.79 Å². The van der Waals surface area contributed by atoms with E-state index in [-0.39, 0.29) is 24.7 Å². The van der Waals surface area contributed by atoms with E-state index in [2.05, 4.69) is 0 Å². The minimum Gasteiger partial charge on any atom is -0.324 e. The molecule has 13 heavy (non-hydrogen) atoms. The molecule has 0 saturated heterocycles. The SMILES string of the molecule is CSc1cccc(C(=O)CN)c1.Cl. The monoisotopic (exact) mass is 217 g/mol. The Balaban J connectivity index is 0.00000144. The number of ketones is 1. The van der Waals surface area contributed by atoms with E-state index in [0.717, 1.165) is 4.90 Å². The first kappa shape index (κ1) is 12.5. The van der Waals surface area contributed by atoms with Crippen LogP contribution in [0.2, 0.25) is 0 Å². The van der Waals surface area contributed by atoms with Crippen LogP contribution < -0.4 is 5.73 Å². The molecule has 0 amide bonds. The highest BCUT2D eigenvalue weighted by molar-refractivity contribution is 7.98. The van der Waals surface area contributed by atoms with Crippen molar-refractivity contribution in [2.24, 2.45) is 5.73 Å². The Bertz CT molecular complexity index is 291. The maximum atomic E-state index is 11.1. The molecule has 0 radical (unpaired) electrons. The Morgan fingerprint density at radius 2 is 2.23 bits per heavy atom. The van der Waals surface area contributed by atoms with Gasteiger partial charge in [0.2, 0.25) is 0 Å². The summed E-state index contributed by atoms with van der Waals surface area (Å²) in [6.07, 6.45) is 1.98. The standard InChI is InChI=1S/C9H11NOS.ClH/c1-12-8-4-2-3-7(5-8)9(11)6-10;/h2-5H,6,10H2,1H3;1H. The molecular formula is C9H12ClNOS. The van der Waals surface area contributed by atoms with Crippen molar-refractivity contribution in [1.82, 2.24) is 0 Å². The van der Waals surface area contributed by atoms with Crippen molar-refractivity contribution in [3.05, 3.63) is 29.8 Å². The van der Waals surface area contributed by atoms with E-state index in [1.807, 2.05) is 24.5 Å². The van der Waals surface area contributed by atoms with Crippen LogP contribution in [0.25, 0.3) is 0 Å². The number of hydrogen-bond acceptors (Lipinski definition) is 3. The number of nitrogens with two attached hydrogens (primary N) is 1. The van der Waals surface area contributed by atoms with Crippen LogP contribution in [-0.2, 0) is 0 Å². The summed E-state index contributed by atoms with van der Waals surface area (Å²) < 4.78 is 0. The Morgan fingerprint density at radius 1 is 1.54 bits per heavy atom. The van der Waals surface area contributed by atoms with Gasteiger partial charge in [0.25, 0.3) is 0 Å². The molecule has 1 aromatic rings. The van der Waals surface area contributed by atoms with Crippen LogP contribution in [0.3, 0.4) is 0 Å². The second kappa shape index (κ2) is 6.02. The summed E-state index contributed by atoms with van der Waals surface area (Å²) in [5, 5.41) is 0. The molecule has 0 atom stereocenters. The average Bonchev–Trinajstić information content (AvgIpc) is 2.17. The molecule has 0 heterocycles. The van der Waals surface area contributed by atoms with Gasteiger partial charge in [0.15, 0.2) is 5.78 Å². The number of carbonyl (C=O) groups excluding carboxylic acids is 1. The zero-order chi connectivity index (χ0) is 8.97. The number of hydrogen-bond donors (Lipinski definition) is 1. The first-order valence-electron chi connectivity index (χ1n) is 3.65. The van der Waals surface area contributed by atoms with E-state index >= 15 is 0 Å². The van der Waals surface area contributed by atoms with Gasteiger partial charge in [0.05, 0.1) is 6.54 Å². The number of Topliss-reactive ketones (excluding diaryl/α,β-unsaturated/α-hetero) is 1. The molecule has 0 aliphatic carbocycles. The number of carbonyl (C=O) groups is 1. The maximum Gasteiger partial charge on any atom is 0.176 e. The van der Waals surface area contributed by atoms with Gasteiger partial charge in [0.1, 0.15) is 0 Å². The second-order valence-electron chi connectivity index (χ2n) is 2.36. The van der Waals surface area contributed by atoms with Gasteiger partial charge >= 0.3 is 0 Å². The van der Waals surface area contributed by atoms with Gasteiger partial charge < -0.3 is 5.73 Å².